The van der Waals surface area contributed by atoms with Gasteiger partial charge in [0.25, 0.3) is 0 Å². The van der Waals surface area contributed by atoms with E-state index in [1.54, 1.807) is 0 Å². The zero-order valence-electron chi connectivity index (χ0n) is 36.6. The molecule has 1 rings (SSSR count). The Kier molecular flexibility index (Phi) is 36.2. The van der Waals surface area contributed by atoms with Crippen LogP contribution in [-0.4, -0.2) is 89.0 Å². The molecule has 10 heteroatoms. The van der Waals surface area contributed by atoms with Crippen molar-refractivity contribution < 1.29 is 49.0 Å². The summed E-state index contributed by atoms with van der Waals surface area (Å²) < 4.78 is 22.2. The maximum absolute atomic E-state index is 12.8. The van der Waals surface area contributed by atoms with Gasteiger partial charge in [-0.1, -0.05) is 180 Å². The summed E-state index contributed by atoms with van der Waals surface area (Å²) in [5.41, 5.74) is 0. The molecule has 2 unspecified atom stereocenters. The van der Waals surface area contributed by atoms with Gasteiger partial charge in [-0.05, 0) is 38.5 Å². The average molecular weight is 813 g/mol. The zero-order chi connectivity index (χ0) is 41.6. The second-order valence-corrected chi connectivity index (χ2v) is 16.6. The smallest absolute Gasteiger partial charge is 0.306 e. The fourth-order valence-electron chi connectivity index (χ4n) is 7.36. The molecule has 6 atom stereocenters. The van der Waals surface area contributed by atoms with Gasteiger partial charge in [0.05, 0.1) is 13.2 Å². The van der Waals surface area contributed by atoms with Gasteiger partial charge in [-0.2, -0.15) is 0 Å². The van der Waals surface area contributed by atoms with Crippen molar-refractivity contribution >= 4 is 11.9 Å². The maximum atomic E-state index is 12.8. The van der Waals surface area contributed by atoms with Crippen LogP contribution in [0.15, 0.2) is 12.2 Å². The van der Waals surface area contributed by atoms with Crippen LogP contribution in [0.5, 0.6) is 0 Å². The molecule has 57 heavy (non-hydrogen) atoms. The van der Waals surface area contributed by atoms with Crippen LogP contribution in [0.2, 0.25) is 0 Å². The van der Waals surface area contributed by atoms with E-state index < -0.39 is 49.4 Å². The minimum atomic E-state index is -1.59. The molecule has 1 aliphatic heterocycles. The molecular weight excluding hydrogens is 725 g/mol. The molecule has 0 radical (unpaired) electrons. The van der Waals surface area contributed by atoms with E-state index in [-0.39, 0.29) is 32.0 Å². The summed E-state index contributed by atoms with van der Waals surface area (Å²) in [5.74, 6) is -0.813. The third-order valence-corrected chi connectivity index (χ3v) is 11.2. The molecule has 0 spiro atoms. The van der Waals surface area contributed by atoms with E-state index >= 15 is 0 Å². The summed E-state index contributed by atoms with van der Waals surface area (Å²) in [6.07, 6.45) is 33.6. The van der Waals surface area contributed by atoms with Crippen LogP contribution in [0.1, 0.15) is 219 Å². The van der Waals surface area contributed by atoms with Crippen LogP contribution in [0.25, 0.3) is 0 Å². The number of carbonyl (C=O) groups excluding carboxylic acids is 2. The van der Waals surface area contributed by atoms with Crippen molar-refractivity contribution in [3.05, 3.63) is 12.2 Å². The van der Waals surface area contributed by atoms with Crippen LogP contribution in [0.3, 0.4) is 0 Å². The number of ether oxygens (including phenoxy) is 4. The second-order valence-electron chi connectivity index (χ2n) is 16.6. The molecule has 1 aliphatic rings. The van der Waals surface area contributed by atoms with E-state index in [1.807, 2.05) is 0 Å². The fourth-order valence-corrected chi connectivity index (χ4v) is 7.36. The number of aliphatic hydroxyl groups excluding tert-OH is 4. The number of rotatable bonds is 40. The maximum Gasteiger partial charge on any atom is 0.306 e. The Morgan fingerprint density at radius 1 is 0.526 bits per heavy atom. The minimum Gasteiger partial charge on any atom is -0.462 e. The predicted molar refractivity (Wildman–Crippen MR) is 229 cm³/mol. The Morgan fingerprint density at radius 2 is 0.930 bits per heavy atom. The lowest BCUT2D eigenvalue weighted by Gasteiger charge is -2.39. The molecule has 10 nitrogen and oxygen atoms in total. The van der Waals surface area contributed by atoms with Crippen molar-refractivity contribution in [2.24, 2.45) is 0 Å². The highest BCUT2D eigenvalue weighted by Gasteiger charge is 2.44. The van der Waals surface area contributed by atoms with Gasteiger partial charge in [0.15, 0.2) is 12.4 Å². The number of aliphatic hydroxyl groups is 4. The lowest BCUT2D eigenvalue weighted by atomic mass is 9.99. The van der Waals surface area contributed by atoms with Crippen molar-refractivity contribution in [1.29, 1.82) is 0 Å². The molecule has 0 aliphatic carbocycles. The van der Waals surface area contributed by atoms with Gasteiger partial charge in [0.2, 0.25) is 0 Å². The first kappa shape index (κ1) is 53.5. The number of allylic oxidation sites excluding steroid dienone is 2. The van der Waals surface area contributed by atoms with E-state index in [0.717, 1.165) is 44.9 Å². The van der Waals surface area contributed by atoms with E-state index in [2.05, 4.69) is 26.0 Å². The summed E-state index contributed by atoms with van der Waals surface area (Å²) in [4.78, 5) is 25.3. The minimum absolute atomic E-state index is 0.220. The molecule has 1 saturated heterocycles. The SMILES string of the molecule is CCCCCCCCCC/C=C/CCCCCC(=O)OC[C@H](CO[C@@H]1O[C@H](CO)[C@H](O)C(O)C1O)OC(=O)CCCCCCCCCCCCCCCCCCC. The molecule has 0 aromatic heterocycles. The first-order valence-corrected chi connectivity index (χ1v) is 23.8. The number of carbonyl (C=O) groups is 2. The Balaban J connectivity index is 2.30. The second kappa shape index (κ2) is 38.6. The lowest BCUT2D eigenvalue weighted by Crippen LogP contribution is -2.59. The molecule has 336 valence electrons. The standard InChI is InChI=1S/C47H88O10/c1-3-5-7-9-11-13-15-17-19-20-22-24-26-28-30-32-34-36-43(50)56-40(39-55-47-46(53)45(52)44(51)41(37-48)57-47)38-54-42(49)35-33-31-29-27-25-23-21-18-16-14-12-10-8-6-4-2/h23,25,40-41,44-48,51-53H,3-22,24,26-39H2,1-2H3/b25-23+/t40-,41-,44+,45?,46?,47-/m1/s1. The van der Waals surface area contributed by atoms with Gasteiger partial charge < -0.3 is 39.4 Å². The molecule has 0 saturated carbocycles. The van der Waals surface area contributed by atoms with Gasteiger partial charge in [-0.15, -0.1) is 0 Å². The number of hydrogen-bond donors (Lipinski definition) is 4. The van der Waals surface area contributed by atoms with Crippen LogP contribution < -0.4 is 0 Å². The zero-order valence-corrected chi connectivity index (χ0v) is 36.6. The average Bonchev–Trinajstić information content (AvgIpc) is 3.21. The Morgan fingerprint density at radius 3 is 1.39 bits per heavy atom. The van der Waals surface area contributed by atoms with Gasteiger partial charge >= 0.3 is 11.9 Å². The molecule has 1 heterocycles. The Labute approximate surface area is 348 Å². The van der Waals surface area contributed by atoms with E-state index in [0.29, 0.717) is 12.8 Å². The van der Waals surface area contributed by atoms with Crippen molar-refractivity contribution in [3.63, 3.8) is 0 Å². The summed E-state index contributed by atoms with van der Waals surface area (Å²) in [6, 6.07) is 0. The monoisotopic (exact) mass is 813 g/mol. The van der Waals surface area contributed by atoms with Crippen molar-refractivity contribution in [2.75, 3.05) is 19.8 Å². The molecule has 1 fully saturated rings. The Hall–Kier alpha value is -1.56. The molecule has 0 aromatic rings. The number of esters is 2. The summed E-state index contributed by atoms with van der Waals surface area (Å²) in [5, 5.41) is 40.1. The van der Waals surface area contributed by atoms with E-state index in [4.69, 9.17) is 18.9 Å². The predicted octanol–water partition coefficient (Wildman–Crippen LogP) is 10.3. The van der Waals surface area contributed by atoms with Gasteiger partial charge in [0, 0.05) is 12.8 Å². The molecule has 0 aromatic carbocycles. The van der Waals surface area contributed by atoms with Crippen molar-refractivity contribution in [1.82, 2.24) is 0 Å². The van der Waals surface area contributed by atoms with E-state index in [1.165, 1.54) is 135 Å². The van der Waals surface area contributed by atoms with Crippen molar-refractivity contribution in [3.8, 4) is 0 Å². The topological polar surface area (TPSA) is 152 Å². The highest BCUT2D eigenvalue weighted by atomic mass is 16.7. The third kappa shape index (κ3) is 30.2. The fraction of sp³-hybridized carbons (Fsp3) is 0.915. The molecule has 0 amide bonds. The summed E-state index contributed by atoms with van der Waals surface area (Å²) in [7, 11) is 0. The quantitative estimate of drug-likeness (QED) is 0.0267. The first-order chi connectivity index (χ1) is 27.8. The van der Waals surface area contributed by atoms with Gasteiger partial charge in [-0.25, -0.2) is 0 Å². The number of hydrogen-bond acceptors (Lipinski definition) is 10. The summed E-state index contributed by atoms with van der Waals surface area (Å²) in [6.45, 7) is 3.43. The number of unbranched alkanes of at least 4 members (excludes halogenated alkanes) is 27. The molecule has 0 bridgehead atoms. The molecular formula is C47H88O10. The van der Waals surface area contributed by atoms with Crippen molar-refractivity contribution in [2.45, 2.75) is 256 Å². The largest absolute Gasteiger partial charge is 0.462 e. The highest BCUT2D eigenvalue weighted by Crippen LogP contribution is 2.23. The normalized spacial score (nSPS) is 20.3. The van der Waals surface area contributed by atoms with Crippen LogP contribution in [0.4, 0.5) is 0 Å². The lowest BCUT2D eigenvalue weighted by molar-refractivity contribution is -0.305. The van der Waals surface area contributed by atoms with E-state index in [9.17, 15) is 30.0 Å². The highest BCUT2D eigenvalue weighted by molar-refractivity contribution is 5.70. The third-order valence-electron chi connectivity index (χ3n) is 11.2. The molecule has 4 N–H and O–H groups in total. The van der Waals surface area contributed by atoms with Crippen LogP contribution >= 0.6 is 0 Å². The Bertz CT molecular complexity index is 943. The summed E-state index contributed by atoms with van der Waals surface area (Å²) >= 11 is 0. The van der Waals surface area contributed by atoms with Crippen LogP contribution in [-0.2, 0) is 28.5 Å². The first-order valence-electron chi connectivity index (χ1n) is 23.8. The van der Waals surface area contributed by atoms with Gasteiger partial charge in [-0.3, -0.25) is 9.59 Å². The van der Waals surface area contributed by atoms with Gasteiger partial charge in [0.1, 0.15) is 31.0 Å². The van der Waals surface area contributed by atoms with Crippen LogP contribution in [0, 0.1) is 0 Å².